The molecule has 0 radical (unpaired) electrons. The van der Waals surface area contributed by atoms with Gasteiger partial charge in [0.15, 0.2) is 5.84 Å². The second-order valence-electron chi connectivity index (χ2n) is 3.55. The van der Waals surface area contributed by atoms with Gasteiger partial charge in [-0.25, -0.2) is 4.99 Å². The Morgan fingerprint density at radius 1 is 1.47 bits per heavy atom. The van der Waals surface area contributed by atoms with E-state index in [0.29, 0.717) is 12.4 Å². The molecule has 0 fully saturated rings. The van der Waals surface area contributed by atoms with Crippen LogP contribution in [0.25, 0.3) is 0 Å². The highest BCUT2D eigenvalue weighted by Gasteiger charge is 2.05. The molecule has 0 heterocycles. The summed E-state index contributed by atoms with van der Waals surface area (Å²) in [5.74, 6) is 0.624. The van der Waals surface area contributed by atoms with Crippen LogP contribution in [0.3, 0.4) is 0 Å². The minimum atomic E-state index is 0.166. The van der Waals surface area contributed by atoms with Gasteiger partial charge in [-0.1, -0.05) is 0 Å². The average Bonchev–Trinajstić information content (AvgIpc) is 2.21. The van der Waals surface area contributed by atoms with Gasteiger partial charge in [-0.3, -0.25) is 4.99 Å². The van der Waals surface area contributed by atoms with Gasteiger partial charge in [0.1, 0.15) is 0 Å². The molecule has 4 heteroatoms. The lowest BCUT2D eigenvalue weighted by atomic mass is 10.2. The molecular formula is C11H21N3O. The summed E-state index contributed by atoms with van der Waals surface area (Å²) >= 11 is 0. The minimum absolute atomic E-state index is 0.166. The van der Waals surface area contributed by atoms with Gasteiger partial charge in [0.2, 0.25) is 0 Å². The van der Waals surface area contributed by atoms with Crippen LogP contribution >= 0.6 is 0 Å². The summed E-state index contributed by atoms with van der Waals surface area (Å²) in [5, 5.41) is 0. The van der Waals surface area contributed by atoms with Crippen molar-refractivity contribution in [3.8, 4) is 0 Å². The average molecular weight is 211 g/mol. The van der Waals surface area contributed by atoms with E-state index in [-0.39, 0.29) is 6.04 Å². The topological polar surface area (TPSA) is 60.0 Å². The molecule has 1 atom stereocenters. The van der Waals surface area contributed by atoms with Crippen molar-refractivity contribution in [2.45, 2.75) is 33.2 Å². The van der Waals surface area contributed by atoms with E-state index in [2.05, 4.69) is 16.7 Å². The molecule has 1 unspecified atom stereocenters. The molecule has 0 aliphatic carbocycles. The van der Waals surface area contributed by atoms with E-state index >= 15 is 0 Å². The molecule has 0 saturated carbocycles. The summed E-state index contributed by atoms with van der Waals surface area (Å²) in [5.41, 5.74) is 7.28. The summed E-state index contributed by atoms with van der Waals surface area (Å²) in [6.45, 7) is 9.93. The molecule has 15 heavy (non-hydrogen) atoms. The third kappa shape index (κ3) is 5.32. The Bertz CT molecular complexity index is 265. The molecule has 4 nitrogen and oxygen atoms in total. The lowest BCUT2D eigenvalue weighted by molar-refractivity contribution is 0.190. The Labute approximate surface area is 91.9 Å². The predicted octanol–water partition coefficient (Wildman–Crippen LogP) is 1.76. The number of aliphatic imine (C=N–C) groups is 2. The van der Waals surface area contributed by atoms with Gasteiger partial charge in [0.25, 0.3) is 0 Å². The van der Waals surface area contributed by atoms with Crippen LogP contribution in [0.4, 0.5) is 0 Å². The van der Waals surface area contributed by atoms with E-state index in [0.717, 1.165) is 17.7 Å². The third-order valence-corrected chi connectivity index (χ3v) is 2.16. The van der Waals surface area contributed by atoms with Crippen molar-refractivity contribution in [2.24, 2.45) is 15.7 Å². The highest BCUT2D eigenvalue weighted by atomic mass is 16.5. The van der Waals surface area contributed by atoms with Crippen LogP contribution < -0.4 is 5.73 Å². The maximum atomic E-state index is 5.67. The lowest BCUT2D eigenvalue weighted by Gasteiger charge is -2.08. The van der Waals surface area contributed by atoms with Crippen molar-refractivity contribution in [3.63, 3.8) is 0 Å². The van der Waals surface area contributed by atoms with Crippen molar-refractivity contribution in [1.82, 2.24) is 0 Å². The molecule has 86 valence electrons. The molecule has 0 rings (SSSR count). The summed E-state index contributed by atoms with van der Waals surface area (Å²) in [7, 11) is 1.68. The molecular weight excluding hydrogens is 190 g/mol. The van der Waals surface area contributed by atoms with Gasteiger partial charge in [-0.2, -0.15) is 0 Å². The Morgan fingerprint density at radius 2 is 2.07 bits per heavy atom. The molecule has 0 aliphatic rings. The van der Waals surface area contributed by atoms with Crippen LogP contribution in [-0.2, 0) is 4.74 Å². The van der Waals surface area contributed by atoms with E-state index in [1.165, 1.54) is 0 Å². The number of rotatable bonds is 5. The summed E-state index contributed by atoms with van der Waals surface area (Å²) in [6, 6.07) is 0.166. The number of nitrogens with two attached hydrogens (primary N) is 1. The zero-order valence-electron chi connectivity index (χ0n) is 10.1. The Balaban J connectivity index is 4.60. The third-order valence-electron chi connectivity index (χ3n) is 2.16. The Kier molecular flexibility index (Phi) is 6.62. The van der Waals surface area contributed by atoms with Crippen LogP contribution in [0.1, 0.15) is 27.2 Å². The number of methoxy groups -OCH3 is 1. The first-order valence-corrected chi connectivity index (χ1v) is 4.99. The number of amidine groups is 1. The lowest BCUT2D eigenvalue weighted by Crippen LogP contribution is -2.10. The standard InChI is InChI=1S/C11H21N3O/c1-8(6-7-15-5)14-11(13-4)9(2)10(3)12/h8H,4,6-7,12H2,1-3,5H3. The molecule has 0 aliphatic heterocycles. The highest BCUT2D eigenvalue weighted by Crippen LogP contribution is 2.06. The van der Waals surface area contributed by atoms with Gasteiger partial charge < -0.3 is 10.5 Å². The SMILES string of the molecule is C=NC(=NC(C)CCOC)C(C)=C(C)N. The second kappa shape index (κ2) is 7.17. The second-order valence-corrected chi connectivity index (χ2v) is 3.55. The molecule has 0 saturated heterocycles. The van der Waals surface area contributed by atoms with Crippen molar-refractivity contribution < 1.29 is 4.74 Å². The summed E-state index contributed by atoms with van der Waals surface area (Å²) in [4.78, 5) is 8.30. The fourth-order valence-electron chi connectivity index (χ4n) is 0.994. The highest BCUT2D eigenvalue weighted by molar-refractivity contribution is 6.01. The van der Waals surface area contributed by atoms with Crippen LogP contribution in [0, 0.1) is 0 Å². The van der Waals surface area contributed by atoms with E-state index in [1.54, 1.807) is 7.11 Å². The fraction of sp³-hybridized carbons (Fsp3) is 0.636. The first-order chi connectivity index (χ1) is 7.02. The van der Waals surface area contributed by atoms with Gasteiger partial charge in [-0.05, 0) is 33.9 Å². The number of allylic oxidation sites excluding steroid dienone is 1. The van der Waals surface area contributed by atoms with Gasteiger partial charge in [-0.15, -0.1) is 0 Å². The van der Waals surface area contributed by atoms with Gasteiger partial charge >= 0.3 is 0 Å². The van der Waals surface area contributed by atoms with Crippen LogP contribution in [0.2, 0.25) is 0 Å². The summed E-state index contributed by atoms with van der Waals surface area (Å²) in [6.07, 6.45) is 0.867. The van der Waals surface area contributed by atoms with E-state index in [9.17, 15) is 0 Å². The largest absolute Gasteiger partial charge is 0.402 e. The molecule has 0 bridgehead atoms. The van der Waals surface area contributed by atoms with E-state index in [1.807, 2.05) is 20.8 Å². The van der Waals surface area contributed by atoms with Gasteiger partial charge in [0.05, 0.1) is 6.04 Å². The normalized spacial score (nSPS) is 15.9. The number of hydrogen-bond acceptors (Lipinski definition) is 3. The van der Waals surface area contributed by atoms with E-state index < -0.39 is 0 Å². The number of ether oxygens (including phenoxy) is 1. The molecule has 2 N–H and O–H groups in total. The molecule has 0 amide bonds. The quantitative estimate of drug-likeness (QED) is 0.556. The zero-order valence-corrected chi connectivity index (χ0v) is 10.1. The maximum Gasteiger partial charge on any atom is 0.151 e. The number of hydrogen-bond donors (Lipinski definition) is 1. The van der Waals surface area contributed by atoms with Crippen LogP contribution in [-0.4, -0.2) is 32.3 Å². The smallest absolute Gasteiger partial charge is 0.151 e. The van der Waals surface area contributed by atoms with Crippen molar-refractivity contribution >= 4 is 12.6 Å². The maximum absolute atomic E-state index is 5.67. The predicted molar refractivity (Wildman–Crippen MR) is 65.5 cm³/mol. The monoisotopic (exact) mass is 211 g/mol. The van der Waals surface area contributed by atoms with Crippen molar-refractivity contribution in [2.75, 3.05) is 13.7 Å². The zero-order chi connectivity index (χ0) is 11.8. The molecule has 0 aromatic carbocycles. The molecule has 0 aromatic heterocycles. The molecule has 0 spiro atoms. The fourth-order valence-corrected chi connectivity index (χ4v) is 0.994. The van der Waals surface area contributed by atoms with Crippen molar-refractivity contribution in [3.05, 3.63) is 11.3 Å². The van der Waals surface area contributed by atoms with Crippen molar-refractivity contribution in [1.29, 1.82) is 0 Å². The first kappa shape index (κ1) is 13.8. The van der Waals surface area contributed by atoms with E-state index in [4.69, 9.17) is 10.5 Å². The summed E-state index contributed by atoms with van der Waals surface area (Å²) < 4.78 is 4.98. The van der Waals surface area contributed by atoms with Crippen LogP contribution in [0.15, 0.2) is 21.3 Å². The molecule has 0 aromatic rings. The van der Waals surface area contributed by atoms with Gasteiger partial charge in [0, 0.05) is 25.0 Å². The minimum Gasteiger partial charge on any atom is -0.402 e. The number of nitrogens with zero attached hydrogens (tertiary/aromatic N) is 2. The Morgan fingerprint density at radius 3 is 2.47 bits per heavy atom. The Hall–Kier alpha value is -1.16. The van der Waals surface area contributed by atoms with Crippen LogP contribution in [0.5, 0.6) is 0 Å². The first-order valence-electron chi connectivity index (χ1n) is 4.99.